The average molecular weight is 402 g/mol. The summed E-state index contributed by atoms with van der Waals surface area (Å²) < 4.78 is 58.9. The molecule has 0 radical (unpaired) electrons. The van der Waals surface area contributed by atoms with Crippen LogP contribution in [0.2, 0.25) is 0 Å². The van der Waals surface area contributed by atoms with Gasteiger partial charge in [-0.2, -0.15) is 18.2 Å². The molecule has 0 spiro atoms. The maximum Gasteiger partial charge on any atom is 0.419 e. The Kier molecular flexibility index (Phi) is 4.98. The second-order valence-corrected chi connectivity index (χ2v) is 5.86. The van der Waals surface area contributed by atoms with Gasteiger partial charge in [0.05, 0.1) is 5.56 Å². The molecule has 8 nitrogen and oxygen atoms in total. The van der Waals surface area contributed by atoms with Gasteiger partial charge in [-0.1, -0.05) is 0 Å². The van der Waals surface area contributed by atoms with Gasteiger partial charge in [0.2, 0.25) is 0 Å². The largest absolute Gasteiger partial charge is 0.426 e. The van der Waals surface area contributed by atoms with Crippen molar-refractivity contribution in [1.82, 2.24) is 19.1 Å². The van der Waals surface area contributed by atoms with Gasteiger partial charge in [0.25, 0.3) is 5.56 Å². The molecule has 2 N–H and O–H groups in total. The third-order valence-electron chi connectivity index (χ3n) is 3.96. The molecule has 0 amide bonds. The van der Waals surface area contributed by atoms with Gasteiger partial charge in [-0.05, 0) is 24.6 Å². The minimum absolute atomic E-state index is 0.0277. The van der Waals surface area contributed by atoms with Gasteiger partial charge in [-0.3, -0.25) is 13.9 Å². The maximum atomic E-state index is 13.4. The summed E-state index contributed by atoms with van der Waals surface area (Å²) in [6.45, 7) is -0.253. The molecule has 0 aliphatic heterocycles. The summed E-state index contributed by atoms with van der Waals surface area (Å²) in [5, 5.41) is 8.89. The van der Waals surface area contributed by atoms with Crippen LogP contribution in [0.5, 0.6) is 11.8 Å². The number of nitrogens with zero attached hydrogens (tertiary/aromatic N) is 3. The van der Waals surface area contributed by atoms with E-state index >= 15 is 0 Å². The molecule has 3 aromatic rings. The lowest BCUT2D eigenvalue weighted by Crippen LogP contribution is -2.39. The number of benzene rings is 1. The van der Waals surface area contributed by atoms with Gasteiger partial charge in [0.1, 0.15) is 11.6 Å². The third kappa shape index (κ3) is 3.50. The lowest BCUT2D eigenvalue weighted by Gasteiger charge is -2.09. The number of halogens is 4. The molecule has 0 bridgehead atoms. The lowest BCUT2D eigenvalue weighted by atomic mass is 10.2. The highest BCUT2D eigenvalue weighted by atomic mass is 19.4. The lowest BCUT2D eigenvalue weighted by molar-refractivity contribution is -0.140. The van der Waals surface area contributed by atoms with Crippen molar-refractivity contribution in [2.24, 2.45) is 7.05 Å². The van der Waals surface area contributed by atoms with Crippen molar-refractivity contribution in [2.75, 3.05) is 6.61 Å². The highest BCUT2D eigenvalue weighted by molar-refractivity contribution is 5.70. The number of aliphatic hydroxyl groups excluding tert-OH is 1. The first-order valence-electron chi connectivity index (χ1n) is 7.98. The first kappa shape index (κ1) is 19.6. The zero-order valence-electron chi connectivity index (χ0n) is 14.4. The number of nitrogens with one attached hydrogen (secondary N) is 1. The van der Waals surface area contributed by atoms with Crippen LogP contribution in [0.4, 0.5) is 17.6 Å². The molecule has 3 rings (SSSR count). The van der Waals surface area contributed by atoms with Crippen LogP contribution < -0.4 is 16.0 Å². The van der Waals surface area contributed by atoms with E-state index in [1.165, 1.54) is 7.05 Å². The Morgan fingerprint density at radius 1 is 1.29 bits per heavy atom. The van der Waals surface area contributed by atoms with Crippen molar-refractivity contribution in [3.63, 3.8) is 0 Å². The van der Waals surface area contributed by atoms with E-state index in [9.17, 15) is 27.2 Å². The molecule has 2 heterocycles. The van der Waals surface area contributed by atoms with Gasteiger partial charge in [-0.25, -0.2) is 9.18 Å². The van der Waals surface area contributed by atoms with E-state index in [1.807, 2.05) is 0 Å². The molecule has 0 aliphatic rings. The standard InChI is InChI=1S/C16H14F4N4O4/c1-23-12-11(13(26)24(15(23)27)5-2-6-25)21-14(22-12)28-8-3-4-10(17)9(7-8)16(18,19)20/h3-4,7,25H,2,5-6H2,1H3,(H,21,22). The van der Waals surface area contributed by atoms with Crippen LogP contribution in [-0.4, -0.2) is 30.8 Å². The van der Waals surface area contributed by atoms with E-state index in [0.717, 1.165) is 15.2 Å². The van der Waals surface area contributed by atoms with Crippen LogP contribution in [0.1, 0.15) is 12.0 Å². The summed E-state index contributed by atoms with van der Waals surface area (Å²) in [5.74, 6) is -1.82. The van der Waals surface area contributed by atoms with E-state index in [2.05, 4.69) is 9.97 Å². The number of ether oxygens (including phenoxy) is 1. The van der Waals surface area contributed by atoms with Crippen LogP contribution in [0, 0.1) is 5.82 Å². The number of alkyl halides is 3. The summed E-state index contributed by atoms with van der Waals surface area (Å²) in [6.07, 6.45) is -4.74. The molecule has 0 unspecified atom stereocenters. The number of H-pyrrole nitrogens is 1. The van der Waals surface area contributed by atoms with Gasteiger partial charge in [0.15, 0.2) is 11.2 Å². The van der Waals surface area contributed by atoms with Crippen LogP contribution >= 0.6 is 0 Å². The highest BCUT2D eigenvalue weighted by Crippen LogP contribution is 2.34. The van der Waals surface area contributed by atoms with Crippen LogP contribution in [-0.2, 0) is 19.8 Å². The Labute approximate surface area is 153 Å². The van der Waals surface area contributed by atoms with E-state index in [-0.39, 0.29) is 42.5 Å². The summed E-state index contributed by atoms with van der Waals surface area (Å²) in [6, 6.07) is 1.68. The molecule has 0 atom stereocenters. The summed E-state index contributed by atoms with van der Waals surface area (Å²) in [5.41, 5.74) is -3.08. The number of aliphatic hydroxyl groups is 1. The zero-order chi connectivity index (χ0) is 20.6. The molecule has 150 valence electrons. The Hall–Kier alpha value is -3.15. The highest BCUT2D eigenvalue weighted by Gasteiger charge is 2.34. The summed E-state index contributed by atoms with van der Waals surface area (Å²) >= 11 is 0. The first-order chi connectivity index (χ1) is 13.1. The van der Waals surface area contributed by atoms with Crippen molar-refractivity contribution in [2.45, 2.75) is 19.1 Å². The van der Waals surface area contributed by atoms with Gasteiger partial charge in [-0.15, -0.1) is 0 Å². The van der Waals surface area contributed by atoms with Crippen molar-refractivity contribution in [3.05, 3.63) is 50.4 Å². The van der Waals surface area contributed by atoms with Crippen LogP contribution in [0.25, 0.3) is 11.2 Å². The average Bonchev–Trinajstić information content (AvgIpc) is 3.05. The minimum Gasteiger partial charge on any atom is -0.426 e. The Balaban J connectivity index is 2.04. The summed E-state index contributed by atoms with van der Waals surface area (Å²) in [7, 11) is 1.35. The fourth-order valence-electron chi connectivity index (χ4n) is 2.60. The zero-order valence-corrected chi connectivity index (χ0v) is 14.4. The number of aromatic amines is 1. The second kappa shape index (κ2) is 7.11. The Morgan fingerprint density at radius 3 is 2.64 bits per heavy atom. The van der Waals surface area contributed by atoms with Crippen molar-refractivity contribution in [1.29, 1.82) is 0 Å². The number of imidazole rings is 1. The number of hydrogen-bond donors (Lipinski definition) is 2. The predicted molar refractivity (Wildman–Crippen MR) is 88.8 cm³/mol. The molecular formula is C16H14F4N4O4. The molecule has 1 aromatic carbocycles. The topological polar surface area (TPSA) is 102 Å². The van der Waals surface area contributed by atoms with Gasteiger partial charge in [0, 0.05) is 20.2 Å². The van der Waals surface area contributed by atoms with Crippen LogP contribution in [0.3, 0.4) is 0 Å². The van der Waals surface area contributed by atoms with E-state index in [1.54, 1.807) is 0 Å². The van der Waals surface area contributed by atoms with E-state index in [4.69, 9.17) is 9.84 Å². The van der Waals surface area contributed by atoms with Crippen molar-refractivity contribution in [3.8, 4) is 11.8 Å². The molecule has 0 aliphatic carbocycles. The predicted octanol–water partition coefficient (Wildman–Crippen LogP) is 1.76. The van der Waals surface area contributed by atoms with Crippen molar-refractivity contribution < 1.29 is 27.4 Å². The quantitative estimate of drug-likeness (QED) is 0.634. The van der Waals surface area contributed by atoms with Crippen LogP contribution in [0.15, 0.2) is 27.8 Å². The number of fused-ring (bicyclic) bond motifs is 1. The fraction of sp³-hybridized carbons (Fsp3) is 0.312. The summed E-state index contributed by atoms with van der Waals surface area (Å²) in [4.78, 5) is 31.1. The number of aryl methyl sites for hydroxylation is 1. The minimum atomic E-state index is -4.92. The maximum absolute atomic E-state index is 13.4. The fourth-order valence-corrected chi connectivity index (χ4v) is 2.60. The molecule has 0 saturated carbocycles. The SMILES string of the molecule is Cn1c(=O)n(CCCO)c(=O)c2[nH]c(Oc3ccc(F)c(C(F)(F)F)c3)nc21. The van der Waals surface area contributed by atoms with Gasteiger partial charge >= 0.3 is 17.9 Å². The van der Waals surface area contributed by atoms with Crippen molar-refractivity contribution >= 4 is 11.2 Å². The van der Waals surface area contributed by atoms with E-state index < -0.39 is 28.8 Å². The normalized spacial score (nSPS) is 11.9. The Morgan fingerprint density at radius 2 is 2.00 bits per heavy atom. The van der Waals surface area contributed by atoms with E-state index in [0.29, 0.717) is 12.1 Å². The molecular weight excluding hydrogens is 388 g/mol. The number of hydrogen-bond acceptors (Lipinski definition) is 5. The molecule has 2 aromatic heterocycles. The monoisotopic (exact) mass is 402 g/mol. The number of aromatic nitrogens is 4. The number of rotatable bonds is 5. The molecule has 0 fully saturated rings. The third-order valence-corrected chi connectivity index (χ3v) is 3.96. The molecule has 28 heavy (non-hydrogen) atoms. The Bertz CT molecular complexity index is 1150. The molecule has 12 heteroatoms. The first-order valence-corrected chi connectivity index (χ1v) is 7.98. The second-order valence-electron chi connectivity index (χ2n) is 5.86. The smallest absolute Gasteiger partial charge is 0.419 e. The van der Waals surface area contributed by atoms with Gasteiger partial charge < -0.3 is 14.8 Å². The molecule has 0 saturated heterocycles.